The molecule has 0 aliphatic heterocycles. The van der Waals surface area contributed by atoms with E-state index in [4.69, 9.17) is 0 Å². The standard InChI is InChI=1S/C15H21N3O2S/c1-4-16-15(12(2)21(3,19)20)14-10-11-17-18(14)13-8-6-5-7-9-13/h5-12,15-16H,4H2,1-3H3. The van der Waals surface area contributed by atoms with E-state index >= 15 is 0 Å². The molecule has 1 aromatic carbocycles. The summed E-state index contributed by atoms with van der Waals surface area (Å²) in [7, 11) is -3.15. The molecule has 21 heavy (non-hydrogen) atoms. The second-order valence-corrected chi connectivity index (χ2v) is 7.48. The average Bonchev–Trinajstić information content (AvgIpc) is 2.93. The molecule has 0 fully saturated rings. The summed E-state index contributed by atoms with van der Waals surface area (Å²) in [5.41, 5.74) is 1.77. The predicted molar refractivity (Wildman–Crippen MR) is 84.3 cm³/mol. The number of sulfone groups is 1. The number of aromatic nitrogens is 2. The van der Waals surface area contributed by atoms with Crippen molar-refractivity contribution in [2.45, 2.75) is 25.1 Å². The summed E-state index contributed by atoms with van der Waals surface area (Å²) in [5.74, 6) is 0. The zero-order valence-electron chi connectivity index (χ0n) is 12.5. The van der Waals surface area contributed by atoms with E-state index in [0.717, 1.165) is 11.4 Å². The summed E-state index contributed by atoms with van der Waals surface area (Å²) < 4.78 is 25.6. The molecule has 0 bridgehead atoms. The largest absolute Gasteiger partial charge is 0.308 e. The van der Waals surface area contributed by atoms with Crippen LogP contribution in [-0.2, 0) is 9.84 Å². The molecule has 0 saturated heterocycles. The monoisotopic (exact) mass is 307 g/mol. The molecular weight excluding hydrogens is 286 g/mol. The third kappa shape index (κ3) is 3.51. The molecule has 2 unspecified atom stereocenters. The highest BCUT2D eigenvalue weighted by Gasteiger charge is 2.29. The van der Waals surface area contributed by atoms with Crippen molar-refractivity contribution in [1.82, 2.24) is 15.1 Å². The van der Waals surface area contributed by atoms with Crippen LogP contribution in [0.3, 0.4) is 0 Å². The van der Waals surface area contributed by atoms with Gasteiger partial charge in [0.2, 0.25) is 0 Å². The van der Waals surface area contributed by atoms with Gasteiger partial charge in [0, 0.05) is 12.5 Å². The second-order valence-electron chi connectivity index (χ2n) is 5.07. The van der Waals surface area contributed by atoms with Crippen molar-refractivity contribution in [3.63, 3.8) is 0 Å². The molecule has 6 heteroatoms. The highest BCUT2D eigenvalue weighted by molar-refractivity contribution is 7.91. The maximum absolute atomic E-state index is 11.9. The minimum absolute atomic E-state index is 0.298. The summed E-state index contributed by atoms with van der Waals surface area (Å²) in [6.07, 6.45) is 2.97. The van der Waals surface area contributed by atoms with Gasteiger partial charge in [0.05, 0.1) is 22.7 Å². The summed E-state index contributed by atoms with van der Waals surface area (Å²) in [4.78, 5) is 0. The van der Waals surface area contributed by atoms with Crippen molar-refractivity contribution in [3.05, 3.63) is 48.3 Å². The number of hydrogen-bond donors (Lipinski definition) is 1. The third-order valence-corrected chi connectivity index (χ3v) is 5.18. The van der Waals surface area contributed by atoms with Gasteiger partial charge < -0.3 is 5.32 Å². The smallest absolute Gasteiger partial charge is 0.151 e. The fraction of sp³-hybridized carbons (Fsp3) is 0.400. The maximum atomic E-state index is 11.9. The number of hydrogen-bond acceptors (Lipinski definition) is 4. The van der Waals surface area contributed by atoms with E-state index in [0.29, 0.717) is 6.54 Å². The first kappa shape index (κ1) is 15.7. The zero-order chi connectivity index (χ0) is 15.5. The van der Waals surface area contributed by atoms with Gasteiger partial charge in [-0.1, -0.05) is 25.1 Å². The van der Waals surface area contributed by atoms with Crippen LogP contribution in [0.25, 0.3) is 5.69 Å². The molecule has 2 rings (SSSR count). The van der Waals surface area contributed by atoms with Crippen molar-refractivity contribution in [2.24, 2.45) is 0 Å². The Kier molecular flexibility index (Phi) is 4.80. The molecule has 1 heterocycles. The van der Waals surface area contributed by atoms with Gasteiger partial charge in [0.25, 0.3) is 0 Å². The minimum Gasteiger partial charge on any atom is -0.308 e. The molecule has 5 nitrogen and oxygen atoms in total. The maximum Gasteiger partial charge on any atom is 0.151 e. The molecule has 2 aromatic rings. The molecule has 0 aliphatic rings. The lowest BCUT2D eigenvalue weighted by molar-refractivity contribution is 0.494. The highest BCUT2D eigenvalue weighted by atomic mass is 32.2. The van der Waals surface area contributed by atoms with Crippen LogP contribution in [-0.4, -0.2) is 36.2 Å². The lowest BCUT2D eigenvalue weighted by Gasteiger charge is -2.24. The van der Waals surface area contributed by atoms with Gasteiger partial charge in [-0.2, -0.15) is 5.10 Å². The van der Waals surface area contributed by atoms with Gasteiger partial charge in [-0.15, -0.1) is 0 Å². The number of rotatable bonds is 6. The molecule has 0 amide bonds. The average molecular weight is 307 g/mol. The van der Waals surface area contributed by atoms with Gasteiger partial charge in [-0.3, -0.25) is 0 Å². The van der Waals surface area contributed by atoms with Gasteiger partial charge in [0.15, 0.2) is 9.84 Å². The minimum atomic E-state index is -3.15. The number of benzene rings is 1. The van der Waals surface area contributed by atoms with Crippen molar-refractivity contribution in [3.8, 4) is 5.69 Å². The van der Waals surface area contributed by atoms with Crippen LogP contribution in [0.4, 0.5) is 0 Å². The SMILES string of the molecule is CCNC(c1ccnn1-c1ccccc1)C(C)S(C)(=O)=O. The Hall–Kier alpha value is -1.66. The molecule has 1 aromatic heterocycles. The van der Waals surface area contributed by atoms with Crippen molar-refractivity contribution >= 4 is 9.84 Å². The van der Waals surface area contributed by atoms with Crippen molar-refractivity contribution in [1.29, 1.82) is 0 Å². The Bertz CT molecular complexity index is 680. The van der Waals surface area contributed by atoms with Crippen LogP contribution in [0.1, 0.15) is 25.6 Å². The first-order valence-corrected chi connectivity index (χ1v) is 8.92. The van der Waals surface area contributed by atoms with E-state index in [-0.39, 0.29) is 6.04 Å². The lowest BCUT2D eigenvalue weighted by atomic mass is 10.1. The summed E-state index contributed by atoms with van der Waals surface area (Å²) >= 11 is 0. The van der Waals surface area contributed by atoms with E-state index in [2.05, 4.69) is 10.4 Å². The number of nitrogens with zero attached hydrogens (tertiary/aromatic N) is 2. The van der Waals surface area contributed by atoms with Gasteiger partial charge in [0.1, 0.15) is 0 Å². The topological polar surface area (TPSA) is 64.0 Å². The van der Waals surface area contributed by atoms with Crippen LogP contribution < -0.4 is 5.32 Å². The first-order valence-electron chi connectivity index (χ1n) is 6.96. The fourth-order valence-corrected chi connectivity index (χ4v) is 3.04. The van der Waals surface area contributed by atoms with E-state index in [1.165, 1.54) is 6.26 Å². The Balaban J connectivity index is 2.46. The van der Waals surface area contributed by atoms with Gasteiger partial charge >= 0.3 is 0 Å². The van der Waals surface area contributed by atoms with Crippen LogP contribution in [0.15, 0.2) is 42.6 Å². The van der Waals surface area contributed by atoms with E-state index < -0.39 is 15.1 Å². The molecule has 2 atom stereocenters. The molecule has 1 N–H and O–H groups in total. The molecule has 0 aliphatic carbocycles. The summed E-state index contributed by atoms with van der Waals surface area (Å²) in [6, 6.07) is 11.3. The van der Waals surface area contributed by atoms with Crippen LogP contribution in [0, 0.1) is 0 Å². The van der Waals surface area contributed by atoms with Crippen molar-refractivity contribution < 1.29 is 8.42 Å². The Labute approximate surface area is 125 Å². The van der Waals surface area contributed by atoms with E-state index in [1.807, 2.05) is 43.3 Å². The van der Waals surface area contributed by atoms with E-state index in [1.54, 1.807) is 17.8 Å². The van der Waals surface area contributed by atoms with Crippen LogP contribution in [0.2, 0.25) is 0 Å². The predicted octanol–water partition coefficient (Wildman–Crippen LogP) is 1.96. The third-order valence-electron chi connectivity index (χ3n) is 3.56. The molecular formula is C15H21N3O2S. The number of para-hydroxylation sites is 1. The number of nitrogens with one attached hydrogen (secondary N) is 1. The van der Waals surface area contributed by atoms with Gasteiger partial charge in [-0.05, 0) is 31.7 Å². The quantitative estimate of drug-likeness (QED) is 0.886. The van der Waals surface area contributed by atoms with Crippen LogP contribution >= 0.6 is 0 Å². The van der Waals surface area contributed by atoms with Crippen molar-refractivity contribution in [2.75, 3.05) is 12.8 Å². The van der Waals surface area contributed by atoms with E-state index in [9.17, 15) is 8.42 Å². The molecule has 114 valence electrons. The Morgan fingerprint density at radius 2 is 1.90 bits per heavy atom. The lowest BCUT2D eigenvalue weighted by Crippen LogP contribution is -2.36. The van der Waals surface area contributed by atoms with Crippen LogP contribution in [0.5, 0.6) is 0 Å². The summed E-state index contributed by atoms with van der Waals surface area (Å²) in [6.45, 7) is 4.38. The first-order chi connectivity index (χ1) is 9.95. The Morgan fingerprint density at radius 3 is 2.48 bits per heavy atom. The van der Waals surface area contributed by atoms with Gasteiger partial charge in [-0.25, -0.2) is 13.1 Å². The highest BCUT2D eigenvalue weighted by Crippen LogP contribution is 2.23. The fourth-order valence-electron chi connectivity index (χ4n) is 2.31. The zero-order valence-corrected chi connectivity index (χ0v) is 13.3. The normalized spacial score (nSPS) is 14.8. The Morgan fingerprint density at radius 1 is 1.24 bits per heavy atom. The summed E-state index contributed by atoms with van der Waals surface area (Å²) in [5, 5.41) is 7.07. The molecule has 0 radical (unpaired) electrons. The second kappa shape index (κ2) is 6.41. The molecule has 0 saturated carbocycles. The molecule has 0 spiro atoms.